The van der Waals surface area contributed by atoms with Crippen molar-refractivity contribution in [1.82, 2.24) is 14.7 Å². The highest BCUT2D eigenvalue weighted by molar-refractivity contribution is 5.02. The van der Waals surface area contributed by atoms with Crippen LogP contribution < -0.4 is 0 Å². The molecule has 0 amide bonds. The third-order valence-electron chi connectivity index (χ3n) is 3.92. The van der Waals surface area contributed by atoms with Gasteiger partial charge in [0.15, 0.2) is 0 Å². The average molecular weight is 273 g/mol. The molecular weight excluding hydrogens is 250 g/mol. The van der Waals surface area contributed by atoms with Gasteiger partial charge in [0.1, 0.15) is 0 Å². The highest BCUT2D eigenvalue weighted by Crippen LogP contribution is 2.29. The van der Waals surface area contributed by atoms with Gasteiger partial charge < -0.3 is 0 Å². The molecule has 0 radical (unpaired) electrons. The molecule has 0 aromatic heterocycles. The van der Waals surface area contributed by atoms with Crippen LogP contribution in [0.25, 0.3) is 0 Å². The Hall–Kier alpha value is -1.74. The number of hydrogen-bond donors (Lipinski definition) is 0. The van der Waals surface area contributed by atoms with Gasteiger partial charge in [-0.25, -0.2) is 0 Å². The monoisotopic (exact) mass is 273 g/mol. The van der Waals surface area contributed by atoms with Crippen molar-refractivity contribution in [3.05, 3.63) is 0 Å². The highest BCUT2D eigenvalue weighted by atomic mass is 15.6. The molecule has 0 aromatic carbocycles. The van der Waals surface area contributed by atoms with Crippen molar-refractivity contribution < 1.29 is 0 Å². The lowest BCUT2D eigenvalue weighted by Crippen LogP contribution is -2.69. The van der Waals surface area contributed by atoms with Crippen molar-refractivity contribution in [3.8, 4) is 24.6 Å². The van der Waals surface area contributed by atoms with E-state index in [1.807, 2.05) is 4.90 Å². The second kappa shape index (κ2) is 7.75. The van der Waals surface area contributed by atoms with E-state index in [0.717, 1.165) is 19.3 Å². The third-order valence-corrected chi connectivity index (χ3v) is 3.92. The molecule has 1 saturated heterocycles. The number of rotatable bonds is 5. The number of nitriles is 2. The van der Waals surface area contributed by atoms with E-state index in [1.54, 1.807) is 0 Å². The molecule has 1 heterocycles. The maximum atomic E-state index is 9.10. The van der Waals surface area contributed by atoms with Gasteiger partial charge in [0.25, 0.3) is 0 Å². The van der Waals surface area contributed by atoms with Crippen LogP contribution in [0.2, 0.25) is 0 Å². The van der Waals surface area contributed by atoms with Crippen LogP contribution in [-0.4, -0.2) is 46.3 Å². The van der Waals surface area contributed by atoms with E-state index in [1.165, 1.54) is 0 Å². The molecule has 108 valence electrons. The van der Waals surface area contributed by atoms with Crippen LogP contribution in [0.5, 0.6) is 0 Å². The number of nitrogens with zero attached hydrogens (tertiary/aromatic N) is 5. The topological polar surface area (TPSA) is 57.3 Å². The van der Waals surface area contributed by atoms with E-state index in [0.29, 0.717) is 13.1 Å². The Kier molecular flexibility index (Phi) is 6.32. The minimum Gasteiger partial charge on any atom is -0.300 e. The fraction of sp³-hybridized carbons (Fsp3) is 0.733. The fourth-order valence-electron chi connectivity index (χ4n) is 3.19. The van der Waals surface area contributed by atoms with Crippen molar-refractivity contribution in [1.29, 1.82) is 10.5 Å². The molecular formula is C15H23N5. The quantitative estimate of drug-likeness (QED) is 0.564. The maximum absolute atomic E-state index is 9.10. The molecule has 2 unspecified atom stereocenters. The van der Waals surface area contributed by atoms with Crippen LogP contribution >= 0.6 is 0 Å². The minimum absolute atomic E-state index is 0.0597. The summed E-state index contributed by atoms with van der Waals surface area (Å²) < 4.78 is 0. The molecule has 0 N–H and O–H groups in total. The molecule has 1 aliphatic heterocycles. The fourth-order valence-corrected chi connectivity index (χ4v) is 3.19. The van der Waals surface area contributed by atoms with Gasteiger partial charge in [-0.05, 0) is 19.3 Å². The Morgan fingerprint density at radius 2 is 1.25 bits per heavy atom. The van der Waals surface area contributed by atoms with E-state index >= 15 is 0 Å². The second-order valence-corrected chi connectivity index (χ2v) is 4.86. The SMILES string of the molecule is C#CN1C(CC)N(CC#N)C(CC)N(CC#N)C1CC. The highest BCUT2D eigenvalue weighted by Gasteiger charge is 2.42. The lowest BCUT2D eigenvalue weighted by Gasteiger charge is -2.55. The minimum atomic E-state index is 0.0597. The summed E-state index contributed by atoms with van der Waals surface area (Å²) in [6, 6.07) is 7.21. The Bertz CT molecular complexity index is 395. The summed E-state index contributed by atoms with van der Waals surface area (Å²) in [7, 11) is 0. The van der Waals surface area contributed by atoms with Crippen LogP contribution in [0.1, 0.15) is 40.0 Å². The molecule has 1 fully saturated rings. The Morgan fingerprint density at radius 3 is 1.50 bits per heavy atom. The zero-order valence-corrected chi connectivity index (χ0v) is 12.6. The summed E-state index contributed by atoms with van der Waals surface area (Å²) in [6.45, 7) is 6.91. The van der Waals surface area contributed by atoms with Gasteiger partial charge in [-0.3, -0.25) is 14.7 Å². The summed E-state index contributed by atoms with van der Waals surface area (Å²) in [5.74, 6) is 0. The standard InChI is InChI=1S/C15H23N5/c1-5-13-18(8-4)14(6-2)20(12-10-17)15(7-3)19(13)11-9-16/h4,13-15H,5-7,11-12H2,1-3H3. The maximum Gasteiger partial charge on any atom is 0.0931 e. The predicted octanol–water partition coefficient (Wildman–Crippen LogP) is 1.75. The van der Waals surface area contributed by atoms with Crippen molar-refractivity contribution in [3.63, 3.8) is 0 Å². The Labute approximate surface area is 122 Å². The molecule has 20 heavy (non-hydrogen) atoms. The first-order chi connectivity index (χ1) is 9.69. The van der Waals surface area contributed by atoms with Crippen molar-refractivity contribution in [2.24, 2.45) is 0 Å². The first kappa shape index (κ1) is 16.3. The number of hydrogen-bond acceptors (Lipinski definition) is 5. The lowest BCUT2D eigenvalue weighted by atomic mass is 10.1. The van der Waals surface area contributed by atoms with Crippen LogP contribution in [0.3, 0.4) is 0 Å². The van der Waals surface area contributed by atoms with Crippen LogP contribution in [0.4, 0.5) is 0 Å². The molecule has 0 aromatic rings. The van der Waals surface area contributed by atoms with Gasteiger partial charge in [-0.1, -0.05) is 27.2 Å². The van der Waals surface area contributed by atoms with E-state index in [4.69, 9.17) is 16.9 Å². The van der Waals surface area contributed by atoms with E-state index in [-0.39, 0.29) is 18.5 Å². The van der Waals surface area contributed by atoms with Gasteiger partial charge in [0.05, 0.1) is 43.7 Å². The number of terminal acetylenes is 1. The summed E-state index contributed by atoms with van der Waals surface area (Å²) in [5.41, 5.74) is 0. The van der Waals surface area contributed by atoms with Gasteiger partial charge in [0, 0.05) is 6.04 Å². The van der Waals surface area contributed by atoms with E-state index in [2.05, 4.69) is 48.8 Å². The first-order valence-electron chi connectivity index (χ1n) is 7.19. The van der Waals surface area contributed by atoms with Gasteiger partial charge >= 0.3 is 0 Å². The van der Waals surface area contributed by atoms with E-state index < -0.39 is 0 Å². The Morgan fingerprint density at radius 1 is 0.850 bits per heavy atom. The van der Waals surface area contributed by atoms with Crippen LogP contribution in [-0.2, 0) is 0 Å². The zero-order chi connectivity index (χ0) is 15.1. The summed E-state index contributed by atoms with van der Waals surface area (Å²) in [6.07, 6.45) is 8.50. The molecule has 1 rings (SSSR count). The molecule has 0 aliphatic carbocycles. The van der Waals surface area contributed by atoms with Crippen LogP contribution in [0.15, 0.2) is 0 Å². The average Bonchev–Trinajstić information content (AvgIpc) is 2.47. The zero-order valence-electron chi connectivity index (χ0n) is 12.6. The summed E-state index contributed by atoms with van der Waals surface area (Å²) in [5, 5.41) is 18.2. The largest absolute Gasteiger partial charge is 0.300 e. The van der Waals surface area contributed by atoms with Crippen LogP contribution in [0, 0.1) is 35.1 Å². The molecule has 0 bridgehead atoms. The van der Waals surface area contributed by atoms with E-state index in [9.17, 15) is 0 Å². The van der Waals surface area contributed by atoms with Crippen molar-refractivity contribution in [2.45, 2.75) is 58.5 Å². The molecule has 5 heteroatoms. The van der Waals surface area contributed by atoms with Crippen molar-refractivity contribution >= 4 is 0 Å². The third kappa shape index (κ3) is 2.88. The summed E-state index contributed by atoms with van der Waals surface area (Å²) in [4.78, 5) is 6.19. The normalized spacial score (nSPS) is 27.6. The predicted molar refractivity (Wildman–Crippen MR) is 77.5 cm³/mol. The smallest absolute Gasteiger partial charge is 0.0931 e. The van der Waals surface area contributed by atoms with Gasteiger partial charge in [-0.2, -0.15) is 10.5 Å². The van der Waals surface area contributed by atoms with Crippen molar-refractivity contribution in [2.75, 3.05) is 13.1 Å². The molecule has 5 nitrogen and oxygen atoms in total. The second-order valence-electron chi connectivity index (χ2n) is 4.86. The molecule has 0 saturated carbocycles. The Balaban J connectivity index is 3.21. The summed E-state index contributed by atoms with van der Waals surface area (Å²) >= 11 is 0. The molecule has 2 atom stereocenters. The first-order valence-corrected chi connectivity index (χ1v) is 7.19. The van der Waals surface area contributed by atoms with Gasteiger partial charge in [-0.15, -0.1) is 0 Å². The molecule has 1 aliphatic rings. The molecule has 0 spiro atoms. The lowest BCUT2D eigenvalue weighted by molar-refractivity contribution is -0.143. The van der Waals surface area contributed by atoms with Gasteiger partial charge in [0.2, 0.25) is 0 Å².